The molecular weight excluding hydrogens is 240 g/mol. The van der Waals surface area contributed by atoms with Crippen molar-refractivity contribution in [3.63, 3.8) is 0 Å². The number of aromatic nitrogens is 1. The molecule has 0 unspecified atom stereocenters. The third-order valence-electron chi connectivity index (χ3n) is 3.13. The molecule has 0 aliphatic heterocycles. The number of benzene rings is 2. The first-order chi connectivity index (χ1) is 9.16. The summed E-state index contributed by atoms with van der Waals surface area (Å²) in [6.07, 6.45) is 1.61. The number of hydrogen-bond acceptors (Lipinski definition) is 3. The number of phenols is 1. The Balaban J connectivity index is 2.39. The minimum Gasteiger partial charge on any atom is -0.507 e. The third kappa shape index (κ3) is 1.83. The summed E-state index contributed by atoms with van der Waals surface area (Å²) in [5.74, 6) is 0.0930. The zero-order chi connectivity index (χ0) is 13.4. The van der Waals surface area contributed by atoms with Gasteiger partial charge in [-0.25, -0.2) is 0 Å². The third-order valence-corrected chi connectivity index (χ3v) is 3.13. The van der Waals surface area contributed by atoms with Crippen LogP contribution in [-0.2, 0) is 0 Å². The van der Waals surface area contributed by atoms with Crippen LogP contribution in [0, 0.1) is 0 Å². The first-order valence-corrected chi connectivity index (χ1v) is 5.86. The quantitative estimate of drug-likeness (QED) is 0.582. The number of H-pyrrole nitrogens is 1. The van der Waals surface area contributed by atoms with Gasteiger partial charge in [0.05, 0.1) is 5.39 Å². The van der Waals surface area contributed by atoms with E-state index in [1.165, 1.54) is 0 Å². The van der Waals surface area contributed by atoms with E-state index in [2.05, 4.69) is 4.98 Å². The molecule has 19 heavy (non-hydrogen) atoms. The van der Waals surface area contributed by atoms with E-state index in [1.54, 1.807) is 36.5 Å². The normalized spacial score (nSPS) is 10.7. The molecule has 1 aromatic heterocycles. The maximum Gasteiger partial charge on any atom is 0.255 e. The van der Waals surface area contributed by atoms with Crippen molar-refractivity contribution in [2.75, 3.05) is 5.73 Å². The number of aromatic hydroxyl groups is 1. The molecule has 0 aliphatic carbocycles. The SMILES string of the molecule is Nc1ccc(-c2c[nH]c(=O)c3cccc(O)c23)cc1. The van der Waals surface area contributed by atoms with Crippen LogP contribution in [0.15, 0.2) is 53.5 Å². The summed E-state index contributed by atoms with van der Waals surface area (Å²) in [5, 5.41) is 11.0. The summed E-state index contributed by atoms with van der Waals surface area (Å²) in [4.78, 5) is 14.5. The number of anilines is 1. The number of aromatic amines is 1. The van der Waals surface area contributed by atoms with Gasteiger partial charge in [-0.2, -0.15) is 0 Å². The summed E-state index contributed by atoms with van der Waals surface area (Å²) in [6, 6.07) is 12.2. The molecule has 0 saturated heterocycles. The Labute approximate surface area is 109 Å². The van der Waals surface area contributed by atoms with E-state index < -0.39 is 0 Å². The molecule has 0 amide bonds. The van der Waals surface area contributed by atoms with Crippen molar-refractivity contribution in [2.45, 2.75) is 0 Å². The minimum absolute atomic E-state index is 0.0930. The van der Waals surface area contributed by atoms with Crippen LogP contribution in [0.2, 0.25) is 0 Å². The molecule has 3 aromatic rings. The summed E-state index contributed by atoms with van der Waals surface area (Å²) in [6.45, 7) is 0. The highest BCUT2D eigenvalue weighted by Crippen LogP contribution is 2.32. The second kappa shape index (κ2) is 4.17. The molecule has 0 fully saturated rings. The Bertz CT molecular complexity index is 804. The van der Waals surface area contributed by atoms with Gasteiger partial charge in [-0.3, -0.25) is 4.79 Å². The average Bonchev–Trinajstić information content (AvgIpc) is 2.41. The average molecular weight is 252 g/mol. The van der Waals surface area contributed by atoms with Gasteiger partial charge < -0.3 is 15.8 Å². The summed E-state index contributed by atoms with van der Waals surface area (Å²) < 4.78 is 0. The minimum atomic E-state index is -0.218. The largest absolute Gasteiger partial charge is 0.507 e. The number of hydrogen-bond donors (Lipinski definition) is 3. The van der Waals surface area contributed by atoms with Crippen LogP contribution in [0.4, 0.5) is 5.69 Å². The number of fused-ring (bicyclic) bond motifs is 1. The molecular formula is C15H12N2O2. The fourth-order valence-corrected chi connectivity index (χ4v) is 2.19. The van der Waals surface area contributed by atoms with E-state index in [1.807, 2.05) is 12.1 Å². The number of nitrogens with two attached hydrogens (primary N) is 1. The predicted octanol–water partition coefficient (Wildman–Crippen LogP) is 2.48. The highest BCUT2D eigenvalue weighted by atomic mass is 16.3. The fraction of sp³-hybridized carbons (Fsp3) is 0. The van der Waals surface area contributed by atoms with E-state index >= 15 is 0 Å². The first-order valence-electron chi connectivity index (χ1n) is 5.86. The lowest BCUT2D eigenvalue weighted by Gasteiger charge is -2.08. The van der Waals surface area contributed by atoms with Crippen molar-refractivity contribution >= 4 is 16.5 Å². The van der Waals surface area contributed by atoms with Gasteiger partial charge in [0.2, 0.25) is 0 Å². The molecule has 0 saturated carbocycles. The van der Waals surface area contributed by atoms with Gasteiger partial charge in [-0.05, 0) is 29.8 Å². The van der Waals surface area contributed by atoms with Gasteiger partial charge in [0, 0.05) is 22.8 Å². The molecule has 2 aromatic carbocycles. The summed E-state index contributed by atoms with van der Waals surface area (Å²) in [7, 11) is 0. The predicted molar refractivity (Wildman–Crippen MR) is 76.1 cm³/mol. The van der Waals surface area contributed by atoms with Crippen molar-refractivity contribution < 1.29 is 5.11 Å². The maximum atomic E-state index is 11.8. The second-order valence-electron chi connectivity index (χ2n) is 4.35. The molecule has 0 aliphatic rings. The summed E-state index contributed by atoms with van der Waals surface area (Å²) >= 11 is 0. The maximum absolute atomic E-state index is 11.8. The van der Waals surface area contributed by atoms with E-state index in [0.29, 0.717) is 16.5 Å². The Kier molecular flexibility index (Phi) is 2.49. The lowest BCUT2D eigenvalue weighted by molar-refractivity contribution is 0.481. The highest BCUT2D eigenvalue weighted by Gasteiger charge is 2.10. The smallest absolute Gasteiger partial charge is 0.255 e. The number of rotatable bonds is 1. The lowest BCUT2D eigenvalue weighted by Crippen LogP contribution is -2.05. The molecule has 4 N–H and O–H groups in total. The highest BCUT2D eigenvalue weighted by molar-refractivity contribution is 5.99. The van der Waals surface area contributed by atoms with Crippen LogP contribution < -0.4 is 11.3 Å². The van der Waals surface area contributed by atoms with Crippen molar-refractivity contribution in [2.24, 2.45) is 0 Å². The molecule has 4 heteroatoms. The van der Waals surface area contributed by atoms with Crippen molar-refractivity contribution in [3.05, 3.63) is 59.0 Å². The van der Waals surface area contributed by atoms with Crippen molar-refractivity contribution in [1.82, 2.24) is 4.98 Å². The molecule has 4 nitrogen and oxygen atoms in total. The lowest BCUT2D eigenvalue weighted by atomic mass is 10.00. The molecule has 0 atom stereocenters. The molecule has 1 heterocycles. The van der Waals surface area contributed by atoms with E-state index in [0.717, 1.165) is 11.1 Å². The van der Waals surface area contributed by atoms with Crippen LogP contribution in [0.1, 0.15) is 0 Å². The Hall–Kier alpha value is -2.75. The van der Waals surface area contributed by atoms with Gasteiger partial charge >= 0.3 is 0 Å². The Morgan fingerprint density at radius 1 is 1.05 bits per heavy atom. The topological polar surface area (TPSA) is 79.1 Å². The first kappa shape index (κ1) is 11.3. The number of nitrogens with one attached hydrogen (secondary N) is 1. The van der Waals surface area contributed by atoms with Crippen LogP contribution in [0.3, 0.4) is 0 Å². The van der Waals surface area contributed by atoms with Crippen molar-refractivity contribution in [3.8, 4) is 16.9 Å². The number of phenolic OH excluding ortho intramolecular Hbond substituents is 1. The Morgan fingerprint density at radius 2 is 1.79 bits per heavy atom. The Morgan fingerprint density at radius 3 is 2.53 bits per heavy atom. The van der Waals surface area contributed by atoms with Crippen molar-refractivity contribution in [1.29, 1.82) is 0 Å². The van der Waals surface area contributed by atoms with Crippen LogP contribution >= 0.6 is 0 Å². The summed E-state index contributed by atoms with van der Waals surface area (Å²) in [5.41, 5.74) is 7.77. The van der Waals surface area contributed by atoms with E-state index in [4.69, 9.17) is 5.73 Å². The molecule has 0 spiro atoms. The molecule has 94 valence electrons. The van der Waals surface area contributed by atoms with Crippen LogP contribution in [0.25, 0.3) is 21.9 Å². The molecule has 3 rings (SSSR count). The standard InChI is InChI=1S/C15H12N2O2/c16-10-6-4-9(5-7-10)12-8-17-15(19)11-2-1-3-13(18)14(11)12/h1-8,18H,16H2,(H,17,19). The zero-order valence-corrected chi connectivity index (χ0v) is 10.1. The van der Waals surface area contributed by atoms with Gasteiger partial charge in [0.1, 0.15) is 5.75 Å². The van der Waals surface area contributed by atoms with Gasteiger partial charge in [-0.1, -0.05) is 18.2 Å². The number of pyridine rings is 1. The zero-order valence-electron chi connectivity index (χ0n) is 10.1. The second-order valence-corrected chi connectivity index (χ2v) is 4.35. The van der Waals surface area contributed by atoms with Crippen LogP contribution in [0.5, 0.6) is 5.75 Å². The number of nitrogen functional groups attached to an aromatic ring is 1. The molecule has 0 bridgehead atoms. The van der Waals surface area contributed by atoms with Gasteiger partial charge in [-0.15, -0.1) is 0 Å². The van der Waals surface area contributed by atoms with Gasteiger partial charge in [0.25, 0.3) is 5.56 Å². The molecule has 0 radical (unpaired) electrons. The van der Waals surface area contributed by atoms with E-state index in [-0.39, 0.29) is 11.3 Å². The van der Waals surface area contributed by atoms with Crippen LogP contribution in [-0.4, -0.2) is 10.1 Å². The fourth-order valence-electron chi connectivity index (χ4n) is 2.19. The van der Waals surface area contributed by atoms with Gasteiger partial charge in [0.15, 0.2) is 0 Å². The van der Waals surface area contributed by atoms with E-state index in [9.17, 15) is 9.90 Å². The monoisotopic (exact) mass is 252 g/mol.